The summed E-state index contributed by atoms with van der Waals surface area (Å²) in [5.74, 6) is 1.06. The minimum atomic E-state index is 0.0382. The Morgan fingerprint density at radius 2 is 1.12 bits per heavy atom. The van der Waals surface area contributed by atoms with E-state index in [-0.39, 0.29) is 17.2 Å². The Balaban J connectivity index is 1.96. The van der Waals surface area contributed by atoms with E-state index in [0.29, 0.717) is 39.7 Å². The molecule has 0 atom stereocenters. The second-order valence-electron chi connectivity index (χ2n) is 8.15. The van der Waals surface area contributed by atoms with Crippen LogP contribution in [0.3, 0.4) is 0 Å². The Labute approximate surface area is 193 Å². The van der Waals surface area contributed by atoms with Crippen molar-refractivity contribution in [3.8, 4) is 28.7 Å². The van der Waals surface area contributed by atoms with E-state index >= 15 is 0 Å². The molecule has 5 heteroatoms. The first-order valence-electron chi connectivity index (χ1n) is 10.7. The standard InChI is InChI=1S/C28H27NO4/c1-17-15-16-24(30)28(20(17)4)33-25-14-6-5-11-21(25)29(22-12-7-9-18(2)26(22)31)23-13-8-10-19(3)27(23)32/h5-16,30-32H,1-4H3. The van der Waals surface area contributed by atoms with Crippen molar-refractivity contribution in [2.24, 2.45) is 0 Å². The molecule has 0 aliphatic rings. The van der Waals surface area contributed by atoms with E-state index in [9.17, 15) is 15.3 Å². The van der Waals surface area contributed by atoms with Gasteiger partial charge in [0.05, 0.1) is 17.1 Å². The van der Waals surface area contributed by atoms with Gasteiger partial charge in [0.1, 0.15) is 11.5 Å². The van der Waals surface area contributed by atoms with Crippen LogP contribution < -0.4 is 9.64 Å². The van der Waals surface area contributed by atoms with Gasteiger partial charge in [-0.25, -0.2) is 0 Å². The summed E-state index contributed by atoms with van der Waals surface area (Å²) in [6, 6.07) is 21.7. The molecule has 0 saturated carbocycles. The minimum Gasteiger partial charge on any atom is -0.505 e. The molecule has 0 aromatic heterocycles. The summed E-state index contributed by atoms with van der Waals surface area (Å²) in [4.78, 5) is 1.77. The molecule has 5 nitrogen and oxygen atoms in total. The Bertz CT molecular complexity index is 1280. The molecule has 3 N–H and O–H groups in total. The second-order valence-corrected chi connectivity index (χ2v) is 8.15. The van der Waals surface area contributed by atoms with Gasteiger partial charge in [0, 0.05) is 0 Å². The van der Waals surface area contributed by atoms with E-state index in [2.05, 4.69) is 0 Å². The summed E-state index contributed by atoms with van der Waals surface area (Å²) in [6.07, 6.45) is 0. The number of ether oxygens (including phenoxy) is 1. The van der Waals surface area contributed by atoms with Gasteiger partial charge >= 0.3 is 0 Å². The molecule has 0 fully saturated rings. The van der Waals surface area contributed by atoms with E-state index in [1.54, 1.807) is 29.2 Å². The molecule has 0 radical (unpaired) electrons. The number of benzene rings is 4. The number of phenols is 3. The molecule has 0 amide bonds. The number of hydrogen-bond acceptors (Lipinski definition) is 5. The maximum Gasteiger partial charge on any atom is 0.172 e. The zero-order chi connectivity index (χ0) is 23.7. The van der Waals surface area contributed by atoms with Gasteiger partial charge in [-0.2, -0.15) is 0 Å². The van der Waals surface area contributed by atoms with Crippen LogP contribution in [0.25, 0.3) is 0 Å². The van der Waals surface area contributed by atoms with Gasteiger partial charge in [0.2, 0.25) is 0 Å². The lowest BCUT2D eigenvalue weighted by Gasteiger charge is -2.29. The number of aryl methyl sites for hydroxylation is 3. The third kappa shape index (κ3) is 4.05. The Hall–Kier alpha value is -4.12. The lowest BCUT2D eigenvalue weighted by molar-refractivity contribution is 0.409. The van der Waals surface area contributed by atoms with Crippen molar-refractivity contribution >= 4 is 17.1 Å². The average Bonchev–Trinajstić information content (AvgIpc) is 2.80. The fourth-order valence-corrected chi connectivity index (χ4v) is 3.78. The molecule has 0 aliphatic heterocycles. The summed E-state index contributed by atoms with van der Waals surface area (Å²) in [7, 11) is 0. The van der Waals surface area contributed by atoms with Crippen LogP contribution in [0.4, 0.5) is 17.1 Å². The third-order valence-corrected chi connectivity index (χ3v) is 5.89. The molecule has 0 unspecified atom stereocenters. The zero-order valence-corrected chi connectivity index (χ0v) is 19.1. The van der Waals surface area contributed by atoms with E-state index in [4.69, 9.17) is 4.74 Å². The molecule has 4 aromatic carbocycles. The van der Waals surface area contributed by atoms with E-state index in [1.165, 1.54) is 0 Å². The lowest BCUT2D eigenvalue weighted by Crippen LogP contribution is -2.12. The average molecular weight is 442 g/mol. The van der Waals surface area contributed by atoms with Crippen molar-refractivity contribution in [2.45, 2.75) is 27.7 Å². The molecular weight excluding hydrogens is 414 g/mol. The van der Waals surface area contributed by atoms with Crippen molar-refractivity contribution in [3.63, 3.8) is 0 Å². The monoisotopic (exact) mass is 441 g/mol. The minimum absolute atomic E-state index is 0.0382. The lowest BCUT2D eigenvalue weighted by atomic mass is 10.1. The van der Waals surface area contributed by atoms with E-state index in [1.807, 2.05) is 76.2 Å². The Morgan fingerprint density at radius 3 is 1.73 bits per heavy atom. The maximum atomic E-state index is 11.0. The Morgan fingerprint density at radius 1 is 0.576 bits per heavy atom. The van der Waals surface area contributed by atoms with Crippen molar-refractivity contribution < 1.29 is 20.1 Å². The molecule has 168 valence electrons. The third-order valence-electron chi connectivity index (χ3n) is 5.89. The highest BCUT2D eigenvalue weighted by molar-refractivity contribution is 5.86. The molecule has 4 aromatic rings. The van der Waals surface area contributed by atoms with E-state index < -0.39 is 0 Å². The molecule has 0 saturated heterocycles. The zero-order valence-electron chi connectivity index (χ0n) is 19.1. The SMILES string of the molecule is Cc1ccc(O)c(Oc2ccccc2N(c2cccc(C)c2O)c2cccc(C)c2O)c1C. The summed E-state index contributed by atoms with van der Waals surface area (Å²) in [6.45, 7) is 7.49. The summed E-state index contributed by atoms with van der Waals surface area (Å²) in [5, 5.41) is 32.4. The summed E-state index contributed by atoms with van der Waals surface area (Å²) < 4.78 is 6.26. The largest absolute Gasteiger partial charge is 0.505 e. The smallest absolute Gasteiger partial charge is 0.172 e. The Kier molecular flexibility index (Phi) is 5.88. The van der Waals surface area contributed by atoms with Gasteiger partial charge in [-0.3, -0.25) is 4.90 Å². The van der Waals surface area contributed by atoms with Crippen LogP contribution >= 0.6 is 0 Å². The van der Waals surface area contributed by atoms with Crippen LogP contribution in [0.5, 0.6) is 28.7 Å². The number of hydrogen-bond donors (Lipinski definition) is 3. The van der Waals surface area contributed by atoms with Crippen molar-refractivity contribution in [3.05, 3.63) is 95.1 Å². The maximum absolute atomic E-state index is 11.0. The molecule has 4 rings (SSSR count). The topological polar surface area (TPSA) is 73.2 Å². The number of anilines is 3. The van der Waals surface area contributed by atoms with Crippen molar-refractivity contribution in [2.75, 3.05) is 4.90 Å². The number of para-hydroxylation sites is 4. The van der Waals surface area contributed by atoms with Gasteiger partial charge in [-0.1, -0.05) is 42.5 Å². The molecule has 0 heterocycles. The second kappa shape index (κ2) is 8.79. The van der Waals surface area contributed by atoms with Crippen LogP contribution in [-0.4, -0.2) is 15.3 Å². The fraction of sp³-hybridized carbons (Fsp3) is 0.143. The van der Waals surface area contributed by atoms with Gasteiger partial charge in [-0.05, 0) is 80.3 Å². The van der Waals surface area contributed by atoms with Crippen LogP contribution in [0.2, 0.25) is 0 Å². The normalized spacial score (nSPS) is 10.8. The van der Waals surface area contributed by atoms with Crippen LogP contribution in [-0.2, 0) is 0 Å². The molecule has 33 heavy (non-hydrogen) atoms. The number of nitrogens with zero attached hydrogens (tertiary/aromatic N) is 1. The highest BCUT2D eigenvalue weighted by Crippen LogP contribution is 2.49. The van der Waals surface area contributed by atoms with E-state index in [0.717, 1.165) is 11.1 Å². The summed E-state index contributed by atoms with van der Waals surface area (Å²) >= 11 is 0. The van der Waals surface area contributed by atoms with Crippen LogP contribution in [0, 0.1) is 27.7 Å². The van der Waals surface area contributed by atoms with Gasteiger partial charge in [0.25, 0.3) is 0 Å². The molecule has 0 spiro atoms. The van der Waals surface area contributed by atoms with Crippen LogP contribution in [0.15, 0.2) is 72.8 Å². The first-order valence-corrected chi connectivity index (χ1v) is 10.7. The first-order chi connectivity index (χ1) is 15.8. The number of phenolic OH excluding ortho intramolecular Hbond substituents is 3. The highest BCUT2D eigenvalue weighted by Gasteiger charge is 2.24. The van der Waals surface area contributed by atoms with Gasteiger partial charge < -0.3 is 20.1 Å². The molecular formula is C28H27NO4. The van der Waals surface area contributed by atoms with Crippen molar-refractivity contribution in [1.82, 2.24) is 0 Å². The number of aromatic hydroxyl groups is 3. The molecule has 0 aliphatic carbocycles. The predicted octanol–water partition coefficient (Wildman–Crippen LogP) is 7.30. The van der Waals surface area contributed by atoms with Gasteiger partial charge in [0.15, 0.2) is 17.2 Å². The fourth-order valence-electron chi connectivity index (χ4n) is 3.78. The predicted molar refractivity (Wildman–Crippen MR) is 132 cm³/mol. The van der Waals surface area contributed by atoms with Gasteiger partial charge in [-0.15, -0.1) is 0 Å². The quantitative estimate of drug-likeness (QED) is 0.303. The molecule has 0 bridgehead atoms. The first kappa shape index (κ1) is 22.1. The number of rotatable bonds is 5. The summed E-state index contributed by atoms with van der Waals surface area (Å²) in [5.41, 5.74) is 4.82. The highest BCUT2D eigenvalue weighted by atomic mass is 16.5. The van der Waals surface area contributed by atoms with Crippen LogP contribution in [0.1, 0.15) is 22.3 Å². The van der Waals surface area contributed by atoms with Crippen molar-refractivity contribution in [1.29, 1.82) is 0 Å².